The van der Waals surface area contributed by atoms with E-state index >= 15 is 0 Å². The van der Waals surface area contributed by atoms with E-state index in [2.05, 4.69) is 10.6 Å². The Morgan fingerprint density at radius 3 is 2.27 bits per heavy atom. The summed E-state index contributed by atoms with van der Waals surface area (Å²) in [7, 11) is 0. The van der Waals surface area contributed by atoms with Crippen LogP contribution >= 0.6 is 23.2 Å². The molecule has 0 fully saturated rings. The summed E-state index contributed by atoms with van der Waals surface area (Å²) in [6.07, 6.45) is 0.524. The Kier molecular flexibility index (Phi) is 6.77. The standard InChI is InChI=1S/C25H19Cl2N3O3/c26-18-9-11-19(12-10-18)29-23(31)17-7-4-8-20(15-17)28-22-21(27)24(32)30(25(22)33)14-13-16-5-2-1-3-6-16/h1-12,15,28H,13-14H2,(H,29,31). The van der Waals surface area contributed by atoms with E-state index in [1.165, 1.54) is 0 Å². The van der Waals surface area contributed by atoms with Crippen molar-refractivity contribution in [3.8, 4) is 0 Å². The molecule has 6 nitrogen and oxygen atoms in total. The molecule has 3 aromatic rings. The molecule has 0 aromatic heterocycles. The maximum absolute atomic E-state index is 12.8. The smallest absolute Gasteiger partial charge is 0.278 e. The van der Waals surface area contributed by atoms with E-state index in [1.807, 2.05) is 30.3 Å². The van der Waals surface area contributed by atoms with Crippen LogP contribution in [0.1, 0.15) is 15.9 Å². The van der Waals surface area contributed by atoms with Gasteiger partial charge in [-0.15, -0.1) is 0 Å². The molecule has 0 aliphatic carbocycles. The molecule has 0 bridgehead atoms. The van der Waals surface area contributed by atoms with Gasteiger partial charge in [-0.1, -0.05) is 59.6 Å². The van der Waals surface area contributed by atoms with Gasteiger partial charge in [-0.2, -0.15) is 0 Å². The Labute approximate surface area is 200 Å². The number of benzene rings is 3. The molecule has 0 unspecified atom stereocenters. The van der Waals surface area contributed by atoms with E-state index in [1.54, 1.807) is 48.5 Å². The molecule has 8 heteroatoms. The quantitative estimate of drug-likeness (QED) is 0.463. The van der Waals surface area contributed by atoms with Crippen molar-refractivity contribution in [2.75, 3.05) is 17.2 Å². The summed E-state index contributed by atoms with van der Waals surface area (Å²) in [5.74, 6) is -1.38. The second-order valence-corrected chi connectivity index (χ2v) is 8.17. The largest absolute Gasteiger partial charge is 0.350 e. The van der Waals surface area contributed by atoms with Crippen molar-refractivity contribution in [2.45, 2.75) is 6.42 Å². The van der Waals surface area contributed by atoms with Gasteiger partial charge >= 0.3 is 0 Å². The average molecular weight is 480 g/mol. The molecule has 0 atom stereocenters. The molecule has 4 rings (SSSR count). The first-order chi connectivity index (χ1) is 15.9. The molecule has 1 aliphatic rings. The minimum Gasteiger partial charge on any atom is -0.350 e. The van der Waals surface area contributed by atoms with Crippen molar-refractivity contribution < 1.29 is 14.4 Å². The first-order valence-electron chi connectivity index (χ1n) is 10.2. The highest BCUT2D eigenvalue weighted by Crippen LogP contribution is 2.26. The number of carbonyl (C=O) groups is 3. The molecule has 0 saturated carbocycles. The van der Waals surface area contributed by atoms with Gasteiger partial charge in [-0.3, -0.25) is 19.3 Å². The zero-order valence-electron chi connectivity index (χ0n) is 17.3. The number of hydrogen-bond acceptors (Lipinski definition) is 4. The Morgan fingerprint density at radius 1 is 0.818 bits per heavy atom. The third-order valence-electron chi connectivity index (χ3n) is 5.07. The number of rotatable bonds is 7. The van der Waals surface area contributed by atoms with Gasteiger partial charge in [0, 0.05) is 28.5 Å². The molecule has 0 saturated heterocycles. The fraction of sp³-hybridized carbons (Fsp3) is 0.0800. The van der Waals surface area contributed by atoms with Crippen LogP contribution in [-0.4, -0.2) is 29.2 Å². The van der Waals surface area contributed by atoms with Crippen LogP contribution in [-0.2, 0) is 16.0 Å². The summed E-state index contributed by atoms with van der Waals surface area (Å²) in [6, 6.07) is 22.9. The third-order valence-corrected chi connectivity index (χ3v) is 5.68. The zero-order valence-corrected chi connectivity index (χ0v) is 18.9. The molecule has 3 aromatic carbocycles. The lowest BCUT2D eigenvalue weighted by atomic mass is 10.1. The number of nitrogens with zero attached hydrogens (tertiary/aromatic N) is 1. The van der Waals surface area contributed by atoms with Gasteiger partial charge in [0.2, 0.25) is 0 Å². The highest BCUT2D eigenvalue weighted by atomic mass is 35.5. The highest BCUT2D eigenvalue weighted by molar-refractivity contribution is 6.48. The van der Waals surface area contributed by atoms with Crippen LogP contribution in [0.25, 0.3) is 0 Å². The van der Waals surface area contributed by atoms with Gasteiger partial charge in [0.1, 0.15) is 10.7 Å². The lowest BCUT2D eigenvalue weighted by Crippen LogP contribution is -2.34. The van der Waals surface area contributed by atoms with Crippen LogP contribution < -0.4 is 10.6 Å². The minimum absolute atomic E-state index is 0.00927. The Morgan fingerprint density at radius 2 is 1.55 bits per heavy atom. The first-order valence-corrected chi connectivity index (χ1v) is 10.9. The van der Waals surface area contributed by atoms with E-state index < -0.39 is 11.8 Å². The number of nitrogens with one attached hydrogen (secondary N) is 2. The lowest BCUT2D eigenvalue weighted by Gasteiger charge is -2.15. The average Bonchev–Trinajstić information content (AvgIpc) is 3.03. The summed E-state index contributed by atoms with van der Waals surface area (Å²) in [5, 5.41) is 6.07. The monoisotopic (exact) mass is 479 g/mol. The maximum Gasteiger partial charge on any atom is 0.278 e. The molecule has 2 N–H and O–H groups in total. The van der Waals surface area contributed by atoms with Gasteiger partial charge in [0.05, 0.1) is 0 Å². The maximum atomic E-state index is 12.8. The zero-order chi connectivity index (χ0) is 23.4. The molecule has 3 amide bonds. The van der Waals surface area contributed by atoms with Crippen LogP contribution in [0.4, 0.5) is 11.4 Å². The van der Waals surface area contributed by atoms with Crippen molar-refractivity contribution in [2.24, 2.45) is 0 Å². The van der Waals surface area contributed by atoms with Gasteiger partial charge < -0.3 is 10.6 Å². The molecular formula is C25H19Cl2N3O3. The molecule has 0 radical (unpaired) electrons. The molecular weight excluding hydrogens is 461 g/mol. The SMILES string of the molecule is O=C(Nc1ccc(Cl)cc1)c1cccc(NC2=C(Cl)C(=O)N(CCc3ccccc3)C2=O)c1. The molecule has 1 aliphatic heterocycles. The fourth-order valence-electron chi connectivity index (χ4n) is 3.36. The second-order valence-electron chi connectivity index (χ2n) is 7.35. The van der Waals surface area contributed by atoms with Crippen molar-refractivity contribution in [3.05, 3.63) is 106 Å². The van der Waals surface area contributed by atoms with Crippen LogP contribution in [0, 0.1) is 0 Å². The van der Waals surface area contributed by atoms with E-state index in [-0.39, 0.29) is 23.2 Å². The highest BCUT2D eigenvalue weighted by Gasteiger charge is 2.37. The molecule has 1 heterocycles. The topological polar surface area (TPSA) is 78.5 Å². The van der Waals surface area contributed by atoms with Crippen LogP contribution in [0.3, 0.4) is 0 Å². The number of imide groups is 1. The van der Waals surface area contributed by atoms with Crippen LogP contribution in [0.5, 0.6) is 0 Å². The van der Waals surface area contributed by atoms with Crippen molar-refractivity contribution in [1.29, 1.82) is 0 Å². The summed E-state index contributed by atoms with van der Waals surface area (Å²) < 4.78 is 0. The molecule has 166 valence electrons. The number of hydrogen-bond donors (Lipinski definition) is 2. The summed E-state index contributed by atoms with van der Waals surface area (Å²) >= 11 is 12.1. The predicted molar refractivity (Wildman–Crippen MR) is 129 cm³/mol. The molecule has 33 heavy (non-hydrogen) atoms. The van der Waals surface area contributed by atoms with E-state index in [9.17, 15) is 14.4 Å². The van der Waals surface area contributed by atoms with E-state index in [0.29, 0.717) is 28.4 Å². The van der Waals surface area contributed by atoms with Gasteiger partial charge in [-0.25, -0.2) is 0 Å². The predicted octanol–water partition coefficient (Wildman–Crippen LogP) is 5.07. The first kappa shape index (κ1) is 22.6. The van der Waals surface area contributed by atoms with Crippen LogP contribution in [0.15, 0.2) is 89.6 Å². The number of carbonyl (C=O) groups excluding carboxylic acids is 3. The Balaban J connectivity index is 1.44. The van der Waals surface area contributed by atoms with Crippen LogP contribution in [0.2, 0.25) is 5.02 Å². The van der Waals surface area contributed by atoms with E-state index in [4.69, 9.17) is 23.2 Å². The Hall–Kier alpha value is -3.61. The summed E-state index contributed by atoms with van der Waals surface area (Å²) in [6.45, 7) is 0.215. The molecule has 0 spiro atoms. The summed E-state index contributed by atoms with van der Waals surface area (Å²) in [4.78, 5) is 39.1. The number of amides is 3. The van der Waals surface area contributed by atoms with E-state index in [0.717, 1.165) is 10.5 Å². The normalized spacial score (nSPS) is 13.5. The van der Waals surface area contributed by atoms with Crippen molar-refractivity contribution in [3.63, 3.8) is 0 Å². The van der Waals surface area contributed by atoms with Gasteiger partial charge in [0.25, 0.3) is 17.7 Å². The van der Waals surface area contributed by atoms with Crippen molar-refractivity contribution >= 4 is 52.3 Å². The number of anilines is 2. The third kappa shape index (κ3) is 5.25. The second kappa shape index (κ2) is 9.90. The minimum atomic E-state index is -0.545. The van der Waals surface area contributed by atoms with Crippen molar-refractivity contribution in [1.82, 2.24) is 4.90 Å². The fourth-order valence-corrected chi connectivity index (χ4v) is 3.72. The van der Waals surface area contributed by atoms with Gasteiger partial charge in [-0.05, 0) is 54.4 Å². The lowest BCUT2D eigenvalue weighted by molar-refractivity contribution is -0.137. The van der Waals surface area contributed by atoms with Gasteiger partial charge in [0.15, 0.2) is 0 Å². The number of halogens is 2. The summed E-state index contributed by atoms with van der Waals surface area (Å²) in [5.41, 5.74) is 2.42. The Bertz CT molecular complexity index is 1240.